The van der Waals surface area contributed by atoms with Gasteiger partial charge in [-0.1, -0.05) is 23.8 Å². The molecule has 8 heteroatoms. The molecule has 1 N–H and O–H groups in total. The number of rotatable bonds is 4. The Hall–Kier alpha value is -2.09. The zero-order valence-electron chi connectivity index (χ0n) is 14.8. The third-order valence-electron chi connectivity index (χ3n) is 4.77. The van der Waals surface area contributed by atoms with Crippen molar-refractivity contribution in [2.24, 2.45) is 0 Å². The maximum absolute atomic E-state index is 12.5. The van der Waals surface area contributed by atoms with Crippen LogP contribution >= 0.6 is 12.4 Å². The molecule has 0 spiro atoms. The molecule has 1 aliphatic heterocycles. The molecule has 1 saturated heterocycles. The van der Waals surface area contributed by atoms with E-state index in [0.29, 0.717) is 16.9 Å². The first-order valence-corrected chi connectivity index (χ1v) is 10.0. The monoisotopic (exact) mass is 408 g/mol. The second-order valence-corrected chi connectivity index (χ2v) is 8.16. The molecule has 0 aliphatic carbocycles. The number of halogens is 1. The van der Waals surface area contributed by atoms with Crippen molar-refractivity contribution in [2.75, 3.05) is 13.1 Å². The highest BCUT2D eigenvalue weighted by molar-refractivity contribution is 7.87. The lowest BCUT2D eigenvalue weighted by molar-refractivity contribution is 0.404. The van der Waals surface area contributed by atoms with Gasteiger partial charge in [0, 0.05) is 0 Å². The van der Waals surface area contributed by atoms with Gasteiger partial charge in [-0.3, -0.25) is 0 Å². The summed E-state index contributed by atoms with van der Waals surface area (Å²) in [7, 11) is -3.96. The number of hydrogen-bond donors (Lipinski definition) is 1. The lowest BCUT2D eigenvalue weighted by Crippen LogP contribution is -2.26. The Bertz CT molecular complexity index is 1030. The van der Waals surface area contributed by atoms with E-state index in [9.17, 15) is 8.42 Å². The fourth-order valence-electron chi connectivity index (χ4n) is 3.26. The Kier molecular flexibility index (Phi) is 5.74. The molecule has 4 rings (SSSR count). The van der Waals surface area contributed by atoms with Crippen molar-refractivity contribution in [2.45, 2.75) is 30.6 Å². The molecular formula is C19H21ClN2O4S. The first kappa shape index (κ1) is 19.7. The molecule has 3 aromatic rings. The molecule has 6 nitrogen and oxygen atoms in total. The van der Waals surface area contributed by atoms with E-state index >= 15 is 0 Å². The molecule has 0 bridgehead atoms. The largest absolute Gasteiger partial charge is 0.354 e. The van der Waals surface area contributed by atoms with Gasteiger partial charge in [-0.2, -0.15) is 8.42 Å². The van der Waals surface area contributed by atoms with Crippen LogP contribution in [-0.2, 0) is 10.1 Å². The van der Waals surface area contributed by atoms with Crippen LogP contribution in [0.1, 0.15) is 29.9 Å². The van der Waals surface area contributed by atoms with Crippen LogP contribution in [0, 0.1) is 6.92 Å². The maximum atomic E-state index is 12.5. The second kappa shape index (κ2) is 7.88. The fourth-order valence-corrected chi connectivity index (χ4v) is 4.15. The topological polar surface area (TPSA) is 81.4 Å². The summed E-state index contributed by atoms with van der Waals surface area (Å²) in [5.41, 5.74) is 2.64. The average Bonchev–Trinajstić information content (AvgIpc) is 3.04. The van der Waals surface area contributed by atoms with Gasteiger partial charge < -0.3 is 14.0 Å². The maximum Gasteiger partial charge on any atom is 0.340 e. The van der Waals surface area contributed by atoms with Crippen LogP contribution in [0.15, 0.2) is 51.9 Å². The van der Waals surface area contributed by atoms with Gasteiger partial charge in [0.25, 0.3) is 5.88 Å². The van der Waals surface area contributed by atoms with Gasteiger partial charge in [-0.15, -0.1) is 12.4 Å². The van der Waals surface area contributed by atoms with E-state index < -0.39 is 10.1 Å². The van der Waals surface area contributed by atoms with Gasteiger partial charge in [0.1, 0.15) is 4.90 Å². The highest BCUT2D eigenvalue weighted by Crippen LogP contribution is 2.33. The van der Waals surface area contributed by atoms with Gasteiger partial charge in [0.15, 0.2) is 5.58 Å². The Balaban J connectivity index is 0.00000210. The predicted octanol–water partition coefficient (Wildman–Crippen LogP) is 3.79. The van der Waals surface area contributed by atoms with Gasteiger partial charge in [-0.25, -0.2) is 0 Å². The third-order valence-corrected chi connectivity index (χ3v) is 6.00. The van der Waals surface area contributed by atoms with E-state index in [1.807, 2.05) is 25.1 Å². The normalized spacial score (nSPS) is 15.4. The molecule has 144 valence electrons. The van der Waals surface area contributed by atoms with Crippen molar-refractivity contribution < 1.29 is 17.1 Å². The second-order valence-electron chi connectivity index (χ2n) is 6.62. The smallest absolute Gasteiger partial charge is 0.340 e. The molecule has 2 aromatic carbocycles. The number of aryl methyl sites for hydroxylation is 1. The van der Waals surface area contributed by atoms with E-state index in [-0.39, 0.29) is 23.2 Å². The molecule has 0 atom stereocenters. The molecule has 1 aliphatic rings. The van der Waals surface area contributed by atoms with Crippen molar-refractivity contribution in [1.82, 2.24) is 10.5 Å². The summed E-state index contributed by atoms with van der Waals surface area (Å²) in [6, 6.07) is 12.3. The summed E-state index contributed by atoms with van der Waals surface area (Å²) in [5.74, 6) is 0.425. The summed E-state index contributed by atoms with van der Waals surface area (Å²) in [6.07, 6.45) is 2.10. The molecule has 27 heavy (non-hydrogen) atoms. The van der Waals surface area contributed by atoms with Crippen LogP contribution in [0.4, 0.5) is 0 Å². The van der Waals surface area contributed by atoms with Crippen LogP contribution in [0.5, 0.6) is 5.88 Å². The number of aromatic nitrogens is 1. The van der Waals surface area contributed by atoms with Gasteiger partial charge >= 0.3 is 10.1 Å². The van der Waals surface area contributed by atoms with Crippen LogP contribution in [0.3, 0.4) is 0 Å². The Morgan fingerprint density at radius 1 is 1.11 bits per heavy atom. The molecule has 1 fully saturated rings. The van der Waals surface area contributed by atoms with Crippen LogP contribution in [0.2, 0.25) is 0 Å². The number of fused-ring (bicyclic) bond motifs is 1. The molecule has 0 radical (unpaired) electrons. The highest BCUT2D eigenvalue weighted by Gasteiger charge is 2.22. The fraction of sp³-hybridized carbons (Fsp3) is 0.316. The zero-order chi connectivity index (χ0) is 18.1. The molecule has 1 aromatic heterocycles. The minimum Gasteiger partial charge on any atom is -0.354 e. The van der Waals surface area contributed by atoms with Crippen LogP contribution < -0.4 is 9.50 Å². The van der Waals surface area contributed by atoms with Crippen molar-refractivity contribution in [3.63, 3.8) is 0 Å². The SMILES string of the molecule is Cc1ccc(S(=O)(=O)Oc2noc3ccc(C4CCNCC4)cc23)cc1.Cl. The number of piperidine rings is 1. The van der Waals surface area contributed by atoms with Gasteiger partial charge in [0.2, 0.25) is 0 Å². The number of nitrogens with one attached hydrogen (secondary N) is 1. The van der Waals surface area contributed by atoms with Gasteiger partial charge in [0.05, 0.1) is 5.39 Å². The first-order chi connectivity index (χ1) is 12.5. The Morgan fingerprint density at radius 2 is 1.81 bits per heavy atom. The molecular weight excluding hydrogens is 388 g/mol. The number of hydrogen-bond acceptors (Lipinski definition) is 6. The first-order valence-electron chi connectivity index (χ1n) is 8.64. The molecule has 2 heterocycles. The summed E-state index contributed by atoms with van der Waals surface area (Å²) in [5, 5.41) is 7.75. The quantitative estimate of drug-likeness (QED) is 0.661. The van der Waals surface area contributed by atoms with E-state index in [2.05, 4.69) is 10.5 Å². The minimum absolute atomic E-state index is 0. The Labute approximate surface area is 164 Å². The molecule has 0 saturated carbocycles. The third kappa shape index (κ3) is 4.10. The van der Waals surface area contributed by atoms with Crippen LogP contribution in [-0.4, -0.2) is 26.7 Å². The van der Waals surface area contributed by atoms with Gasteiger partial charge in [-0.05, 0) is 73.8 Å². The lowest BCUT2D eigenvalue weighted by atomic mass is 9.90. The summed E-state index contributed by atoms with van der Waals surface area (Å²) in [4.78, 5) is 0.0914. The number of benzene rings is 2. The predicted molar refractivity (Wildman–Crippen MR) is 105 cm³/mol. The van der Waals surface area contributed by atoms with Crippen molar-refractivity contribution in [3.8, 4) is 5.88 Å². The summed E-state index contributed by atoms with van der Waals surface area (Å²) < 4.78 is 35.6. The molecule has 0 unspecified atom stereocenters. The summed E-state index contributed by atoms with van der Waals surface area (Å²) in [6.45, 7) is 3.86. The standard InChI is InChI=1S/C19H20N2O4S.ClH/c1-13-2-5-16(6-3-13)26(22,23)25-19-17-12-15(4-7-18(17)24-21-19)14-8-10-20-11-9-14;/h2-7,12,14,20H,8-11H2,1H3;1H. The minimum atomic E-state index is -3.96. The number of nitrogens with zero attached hydrogens (tertiary/aromatic N) is 1. The van der Waals surface area contributed by atoms with E-state index in [1.54, 1.807) is 12.1 Å². The van der Waals surface area contributed by atoms with Crippen molar-refractivity contribution in [3.05, 3.63) is 53.6 Å². The zero-order valence-corrected chi connectivity index (χ0v) is 16.5. The summed E-state index contributed by atoms with van der Waals surface area (Å²) >= 11 is 0. The Morgan fingerprint density at radius 3 is 2.52 bits per heavy atom. The highest BCUT2D eigenvalue weighted by atomic mass is 35.5. The van der Waals surface area contributed by atoms with Crippen LogP contribution in [0.25, 0.3) is 11.0 Å². The average molecular weight is 409 g/mol. The van der Waals surface area contributed by atoms with Crippen molar-refractivity contribution >= 4 is 33.5 Å². The van der Waals surface area contributed by atoms with Crippen molar-refractivity contribution in [1.29, 1.82) is 0 Å². The molecule has 0 amide bonds. The lowest BCUT2D eigenvalue weighted by Gasteiger charge is -2.22. The van der Waals surface area contributed by atoms with E-state index in [4.69, 9.17) is 8.71 Å². The van der Waals surface area contributed by atoms with E-state index in [0.717, 1.165) is 37.1 Å². The van der Waals surface area contributed by atoms with E-state index in [1.165, 1.54) is 12.1 Å².